The average Bonchev–Trinajstić information content (AvgIpc) is 3.29. The summed E-state index contributed by atoms with van der Waals surface area (Å²) < 4.78 is 5.20. The summed E-state index contributed by atoms with van der Waals surface area (Å²) in [6.07, 6.45) is 9.15. The summed E-state index contributed by atoms with van der Waals surface area (Å²) in [6.45, 7) is 6.27. The first-order valence-corrected chi connectivity index (χ1v) is 11.8. The van der Waals surface area contributed by atoms with Crippen LogP contribution in [0.2, 0.25) is 0 Å². The molecule has 1 aliphatic carbocycles. The van der Waals surface area contributed by atoms with Crippen LogP contribution in [0.1, 0.15) is 49.8 Å². The second kappa shape index (κ2) is 13.1. The fourth-order valence-electron chi connectivity index (χ4n) is 4.67. The molecule has 5 nitrogen and oxygen atoms in total. The Bertz CT molecular complexity index is 582. The van der Waals surface area contributed by atoms with Crippen LogP contribution in [0, 0.1) is 5.92 Å². The molecule has 0 amide bonds. The zero-order valence-corrected chi connectivity index (χ0v) is 21.3. The number of likely N-dealkylation sites (tertiary alicyclic amines) is 1. The third kappa shape index (κ3) is 7.36. The van der Waals surface area contributed by atoms with Gasteiger partial charge in [-0.15, -0.1) is 35.3 Å². The van der Waals surface area contributed by atoms with Crippen molar-refractivity contribution in [2.24, 2.45) is 10.9 Å². The van der Waals surface area contributed by atoms with Gasteiger partial charge in [-0.2, -0.15) is 0 Å². The molecule has 2 N–H and O–H groups in total. The minimum absolute atomic E-state index is 0. The van der Waals surface area contributed by atoms with Gasteiger partial charge < -0.3 is 20.3 Å². The second-order valence-corrected chi connectivity index (χ2v) is 9.35. The summed E-state index contributed by atoms with van der Waals surface area (Å²) in [4.78, 5) is 8.55. The summed E-state index contributed by atoms with van der Waals surface area (Å²) in [5, 5.41) is 9.48. The van der Waals surface area contributed by atoms with Gasteiger partial charge >= 0.3 is 0 Å². The predicted molar refractivity (Wildman–Crippen MR) is 135 cm³/mol. The summed E-state index contributed by atoms with van der Waals surface area (Å²) >= 11 is 1.92. The van der Waals surface area contributed by atoms with Crippen molar-refractivity contribution in [2.45, 2.75) is 50.4 Å². The van der Waals surface area contributed by atoms with Crippen LogP contribution in [0.15, 0.2) is 22.5 Å². The first-order chi connectivity index (χ1) is 13.8. The minimum atomic E-state index is 0. The molecule has 0 unspecified atom stereocenters. The number of guanidine groups is 1. The lowest BCUT2D eigenvalue weighted by atomic mass is 9.73. The van der Waals surface area contributed by atoms with Crippen LogP contribution >= 0.6 is 35.3 Å². The van der Waals surface area contributed by atoms with Crippen LogP contribution in [0.5, 0.6) is 0 Å². The summed E-state index contributed by atoms with van der Waals surface area (Å²) in [7, 11) is 3.67. The van der Waals surface area contributed by atoms with E-state index >= 15 is 0 Å². The van der Waals surface area contributed by atoms with E-state index in [0.717, 1.165) is 38.1 Å². The highest BCUT2D eigenvalue weighted by Gasteiger charge is 2.35. The molecule has 2 fully saturated rings. The van der Waals surface area contributed by atoms with E-state index in [-0.39, 0.29) is 29.4 Å². The van der Waals surface area contributed by atoms with Crippen molar-refractivity contribution >= 4 is 41.3 Å². The van der Waals surface area contributed by atoms with Crippen molar-refractivity contribution in [3.8, 4) is 0 Å². The quantitative estimate of drug-likeness (QED) is 0.300. The molecule has 1 saturated heterocycles. The van der Waals surface area contributed by atoms with Gasteiger partial charge in [-0.1, -0.05) is 25.3 Å². The van der Waals surface area contributed by atoms with E-state index in [1.165, 1.54) is 58.0 Å². The summed E-state index contributed by atoms with van der Waals surface area (Å²) in [5.74, 6) is 1.70. The molecule has 3 rings (SSSR count). The third-order valence-corrected chi connectivity index (χ3v) is 7.67. The van der Waals surface area contributed by atoms with Gasteiger partial charge in [0.05, 0.1) is 6.61 Å². The maximum atomic E-state index is 5.20. The molecule has 29 heavy (non-hydrogen) atoms. The van der Waals surface area contributed by atoms with E-state index in [2.05, 4.69) is 38.0 Å². The minimum Gasteiger partial charge on any atom is -0.383 e. The topological polar surface area (TPSA) is 48.9 Å². The van der Waals surface area contributed by atoms with Crippen molar-refractivity contribution in [3.05, 3.63) is 22.4 Å². The zero-order chi connectivity index (χ0) is 19.7. The predicted octanol–water partition coefficient (Wildman–Crippen LogP) is 4.09. The number of piperidine rings is 1. The van der Waals surface area contributed by atoms with Crippen LogP contribution in [-0.4, -0.2) is 64.3 Å². The molecule has 166 valence electrons. The van der Waals surface area contributed by atoms with Gasteiger partial charge in [0.2, 0.25) is 0 Å². The van der Waals surface area contributed by atoms with Crippen LogP contribution in [0.25, 0.3) is 0 Å². The zero-order valence-electron chi connectivity index (χ0n) is 18.1. The molecular weight excluding hydrogens is 495 g/mol. The van der Waals surface area contributed by atoms with Gasteiger partial charge in [0.1, 0.15) is 0 Å². The number of nitrogens with zero attached hydrogens (tertiary/aromatic N) is 2. The number of nitrogens with one attached hydrogen (secondary N) is 2. The van der Waals surface area contributed by atoms with E-state index in [9.17, 15) is 0 Å². The van der Waals surface area contributed by atoms with Gasteiger partial charge in [0.25, 0.3) is 0 Å². The number of aliphatic imine (C=N–C) groups is 1. The molecular formula is C22H39IN4OS. The van der Waals surface area contributed by atoms with E-state index in [0.29, 0.717) is 0 Å². The number of hydrogen-bond donors (Lipinski definition) is 2. The Morgan fingerprint density at radius 3 is 2.62 bits per heavy atom. The lowest BCUT2D eigenvalue weighted by molar-refractivity contribution is 0.121. The number of halogens is 1. The van der Waals surface area contributed by atoms with Crippen LogP contribution in [0.4, 0.5) is 0 Å². The van der Waals surface area contributed by atoms with Crippen molar-refractivity contribution < 1.29 is 4.74 Å². The second-order valence-electron chi connectivity index (χ2n) is 8.40. The largest absolute Gasteiger partial charge is 0.383 e. The normalized spacial score (nSPS) is 20.8. The smallest absolute Gasteiger partial charge is 0.191 e. The molecule has 1 aliphatic heterocycles. The van der Waals surface area contributed by atoms with Crippen molar-refractivity contribution in [1.82, 2.24) is 15.5 Å². The molecule has 7 heteroatoms. The standard InChI is InChI=1S/C22H38N4OS.HI/c1-23-21(24-17-19-8-12-26(13-9-19)14-15-27-2)25-18-22(10-4-3-5-11-22)20-7-6-16-28-20;/h6-7,16,19H,3-5,8-15,17-18H2,1-2H3,(H2,23,24,25);1H. The summed E-state index contributed by atoms with van der Waals surface area (Å²) in [6, 6.07) is 4.52. The Hall–Kier alpha value is -0.380. The number of rotatable bonds is 8. The number of methoxy groups -OCH3 is 1. The molecule has 1 saturated carbocycles. The average molecular weight is 535 g/mol. The highest BCUT2D eigenvalue weighted by Crippen LogP contribution is 2.41. The molecule has 0 bridgehead atoms. The van der Waals surface area contributed by atoms with E-state index in [1.54, 1.807) is 12.0 Å². The van der Waals surface area contributed by atoms with Gasteiger partial charge in [-0.05, 0) is 56.1 Å². The third-order valence-electron chi connectivity index (χ3n) is 6.55. The number of hydrogen-bond acceptors (Lipinski definition) is 4. The first kappa shape index (κ1) is 24.9. The maximum Gasteiger partial charge on any atom is 0.191 e. The molecule has 1 aromatic heterocycles. The Morgan fingerprint density at radius 1 is 1.24 bits per heavy atom. The first-order valence-electron chi connectivity index (χ1n) is 11.0. The Balaban J connectivity index is 0.00000300. The molecule has 0 radical (unpaired) electrons. The SMILES string of the molecule is CN=C(NCC1CCN(CCOC)CC1)NCC1(c2cccs2)CCCCC1.I. The highest BCUT2D eigenvalue weighted by molar-refractivity contribution is 14.0. The highest BCUT2D eigenvalue weighted by atomic mass is 127. The van der Waals surface area contributed by atoms with Crippen LogP contribution in [-0.2, 0) is 10.2 Å². The number of ether oxygens (including phenoxy) is 1. The van der Waals surface area contributed by atoms with Crippen molar-refractivity contribution in [1.29, 1.82) is 0 Å². The molecule has 1 aromatic rings. The lowest BCUT2D eigenvalue weighted by Gasteiger charge is -2.37. The Morgan fingerprint density at radius 2 is 2.00 bits per heavy atom. The van der Waals surface area contributed by atoms with Crippen LogP contribution < -0.4 is 10.6 Å². The fraction of sp³-hybridized carbons (Fsp3) is 0.773. The van der Waals surface area contributed by atoms with Crippen molar-refractivity contribution in [3.63, 3.8) is 0 Å². The van der Waals surface area contributed by atoms with Crippen LogP contribution in [0.3, 0.4) is 0 Å². The van der Waals surface area contributed by atoms with Gasteiger partial charge in [0, 0.05) is 44.1 Å². The Kier molecular flexibility index (Phi) is 11.3. The molecule has 0 spiro atoms. The fourth-order valence-corrected chi connectivity index (χ4v) is 5.66. The van der Waals surface area contributed by atoms with Gasteiger partial charge in [0.15, 0.2) is 5.96 Å². The van der Waals surface area contributed by atoms with Gasteiger partial charge in [-0.3, -0.25) is 4.99 Å². The van der Waals surface area contributed by atoms with E-state index in [1.807, 2.05) is 18.4 Å². The molecule has 2 heterocycles. The van der Waals surface area contributed by atoms with Gasteiger partial charge in [-0.25, -0.2) is 0 Å². The monoisotopic (exact) mass is 534 g/mol. The molecule has 2 aliphatic rings. The maximum absolute atomic E-state index is 5.20. The van der Waals surface area contributed by atoms with E-state index in [4.69, 9.17) is 4.74 Å². The van der Waals surface area contributed by atoms with E-state index < -0.39 is 0 Å². The number of thiophene rings is 1. The lowest BCUT2D eigenvalue weighted by Crippen LogP contribution is -2.48. The summed E-state index contributed by atoms with van der Waals surface area (Å²) in [5.41, 5.74) is 0.288. The molecule has 0 atom stereocenters. The Labute approximate surface area is 198 Å². The molecule has 0 aromatic carbocycles. The van der Waals surface area contributed by atoms with Crippen molar-refractivity contribution in [2.75, 3.05) is 53.5 Å².